The number of thioether (sulfide) groups is 1. The summed E-state index contributed by atoms with van der Waals surface area (Å²) in [6, 6.07) is 12.3. The molecule has 0 aliphatic carbocycles. The van der Waals surface area contributed by atoms with Crippen LogP contribution in [-0.2, 0) is 20.5 Å². The number of ether oxygens (including phenoxy) is 1. The van der Waals surface area contributed by atoms with Gasteiger partial charge in [-0.2, -0.15) is 13.2 Å². The van der Waals surface area contributed by atoms with Crippen molar-refractivity contribution in [2.24, 2.45) is 4.99 Å². The molecular formula is C24H24ClF3N4O3S. The lowest BCUT2D eigenvalue weighted by atomic mass is 10.2. The second-order valence-electron chi connectivity index (χ2n) is 8.22. The van der Waals surface area contributed by atoms with Crippen molar-refractivity contribution in [1.29, 1.82) is 0 Å². The number of aliphatic imine (C=N–C) groups is 1. The van der Waals surface area contributed by atoms with Crippen molar-refractivity contribution in [1.82, 2.24) is 9.80 Å². The highest BCUT2D eigenvalue weighted by atomic mass is 35.5. The van der Waals surface area contributed by atoms with E-state index in [1.807, 2.05) is 30.3 Å². The van der Waals surface area contributed by atoms with E-state index in [9.17, 15) is 22.8 Å². The molecular weight excluding hydrogens is 517 g/mol. The molecule has 2 heterocycles. The number of halogens is 4. The van der Waals surface area contributed by atoms with E-state index in [-0.39, 0.29) is 18.0 Å². The first-order chi connectivity index (χ1) is 17.2. The van der Waals surface area contributed by atoms with Gasteiger partial charge in [-0.1, -0.05) is 41.6 Å². The molecule has 0 spiro atoms. The lowest BCUT2D eigenvalue weighted by Gasteiger charge is -2.28. The third kappa shape index (κ3) is 6.78. The third-order valence-corrected chi connectivity index (χ3v) is 7.18. The van der Waals surface area contributed by atoms with Crippen molar-refractivity contribution in [3.8, 4) is 0 Å². The number of anilines is 1. The van der Waals surface area contributed by atoms with Crippen molar-refractivity contribution in [3.63, 3.8) is 0 Å². The standard InChI is InChI=1S/C24H24ClF3N4O3S/c25-19-7-6-17(14-18(19)24(26,27)28)29-21(33)15-20-22(34)32(9-8-31-10-12-35-13-11-31)23(36-20)30-16-4-2-1-3-5-16/h1-7,14,20H,8-13,15H2,(H,29,33). The Morgan fingerprint density at radius 1 is 1.14 bits per heavy atom. The van der Waals surface area contributed by atoms with Gasteiger partial charge >= 0.3 is 6.18 Å². The van der Waals surface area contributed by atoms with Gasteiger partial charge in [0.15, 0.2) is 5.17 Å². The van der Waals surface area contributed by atoms with Gasteiger partial charge in [-0.05, 0) is 30.3 Å². The van der Waals surface area contributed by atoms with Crippen LogP contribution in [0.2, 0.25) is 5.02 Å². The maximum absolute atomic E-state index is 13.2. The fraction of sp³-hybridized carbons (Fsp3) is 0.375. The molecule has 2 aromatic rings. The summed E-state index contributed by atoms with van der Waals surface area (Å²) in [6.07, 6.45) is -4.87. The number of alkyl halides is 3. The maximum atomic E-state index is 13.2. The second-order valence-corrected chi connectivity index (χ2v) is 9.80. The van der Waals surface area contributed by atoms with E-state index in [0.29, 0.717) is 37.2 Å². The van der Waals surface area contributed by atoms with E-state index in [2.05, 4.69) is 15.2 Å². The van der Waals surface area contributed by atoms with Gasteiger partial charge in [0.2, 0.25) is 11.8 Å². The molecule has 0 aromatic heterocycles. The van der Waals surface area contributed by atoms with Gasteiger partial charge in [-0.3, -0.25) is 19.4 Å². The fourth-order valence-electron chi connectivity index (χ4n) is 3.81. The average molecular weight is 541 g/mol. The molecule has 7 nitrogen and oxygen atoms in total. The number of morpholine rings is 1. The molecule has 2 amide bonds. The van der Waals surface area contributed by atoms with Crippen LogP contribution in [0.5, 0.6) is 0 Å². The topological polar surface area (TPSA) is 74.2 Å². The summed E-state index contributed by atoms with van der Waals surface area (Å²) in [7, 11) is 0. The largest absolute Gasteiger partial charge is 0.417 e. The average Bonchev–Trinajstić information content (AvgIpc) is 3.13. The maximum Gasteiger partial charge on any atom is 0.417 e. The number of nitrogens with zero attached hydrogens (tertiary/aromatic N) is 3. The predicted octanol–water partition coefficient (Wildman–Crippen LogP) is 4.65. The Morgan fingerprint density at radius 2 is 1.86 bits per heavy atom. The Bertz CT molecular complexity index is 1130. The van der Waals surface area contributed by atoms with Crippen molar-refractivity contribution in [3.05, 3.63) is 59.1 Å². The minimum absolute atomic E-state index is 0.0467. The lowest BCUT2D eigenvalue weighted by Crippen LogP contribution is -2.43. The number of hydrogen-bond donors (Lipinski definition) is 1. The first-order valence-electron chi connectivity index (χ1n) is 11.3. The summed E-state index contributed by atoms with van der Waals surface area (Å²) < 4.78 is 44.8. The Kier molecular flexibility index (Phi) is 8.55. The molecule has 36 heavy (non-hydrogen) atoms. The van der Waals surface area contributed by atoms with E-state index < -0.39 is 27.9 Å². The molecule has 1 atom stereocenters. The summed E-state index contributed by atoms with van der Waals surface area (Å²) >= 11 is 6.83. The summed E-state index contributed by atoms with van der Waals surface area (Å²) in [5.74, 6) is -0.837. The summed E-state index contributed by atoms with van der Waals surface area (Å²) in [4.78, 5) is 34.3. The van der Waals surface area contributed by atoms with Gasteiger partial charge in [0.1, 0.15) is 5.25 Å². The number of para-hydroxylation sites is 1. The number of carbonyl (C=O) groups excluding carboxylic acids is 2. The fourth-order valence-corrected chi connectivity index (χ4v) is 5.22. The van der Waals surface area contributed by atoms with E-state index in [1.54, 1.807) is 4.90 Å². The summed E-state index contributed by atoms with van der Waals surface area (Å²) in [5, 5.41) is 1.73. The van der Waals surface area contributed by atoms with Crippen molar-refractivity contribution in [2.75, 3.05) is 44.7 Å². The van der Waals surface area contributed by atoms with Gasteiger partial charge in [0.25, 0.3) is 0 Å². The second kappa shape index (κ2) is 11.6. The number of hydrogen-bond acceptors (Lipinski definition) is 6. The molecule has 192 valence electrons. The molecule has 2 fully saturated rings. The van der Waals surface area contributed by atoms with E-state index in [0.717, 1.165) is 25.2 Å². The molecule has 1 N–H and O–H groups in total. The van der Waals surface area contributed by atoms with E-state index in [1.165, 1.54) is 17.8 Å². The first kappa shape index (κ1) is 26.5. The highest BCUT2D eigenvalue weighted by Gasteiger charge is 2.39. The molecule has 2 aliphatic rings. The number of amides is 2. The molecule has 1 unspecified atom stereocenters. The zero-order valence-electron chi connectivity index (χ0n) is 19.1. The number of rotatable bonds is 7. The van der Waals surface area contributed by atoms with Gasteiger partial charge in [0, 0.05) is 38.3 Å². The molecule has 2 aromatic carbocycles. The van der Waals surface area contributed by atoms with E-state index in [4.69, 9.17) is 16.3 Å². The molecule has 0 saturated carbocycles. The van der Waals surface area contributed by atoms with E-state index >= 15 is 0 Å². The molecule has 2 aliphatic heterocycles. The third-order valence-electron chi connectivity index (χ3n) is 5.67. The number of benzene rings is 2. The van der Waals surface area contributed by atoms with Crippen LogP contribution in [0.25, 0.3) is 0 Å². The number of amidine groups is 1. The summed E-state index contributed by atoms with van der Waals surface area (Å²) in [5.41, 5.74) is -0.413. The van der Waals surface area contributed by atoms with Crippen LogP contribution < -0.4 is 5.32 Å². The Labute approximate surface area is 215 Å². The number of nitrogens with one attached hydrogen (secondary N) is 1. The van der Waals surface area contributed by atoms with Gasteiger partial charge in [-0.25, -0.2) is 4.99 Å². The van der Waals surface area contributed by atoms with Gasteiger partial charge < -0.3 is 10.1 Å². The van der Waals surface area contributed by atoms with Crippen LogP contribution in [0.1, 0.15) is 12.0 Å². The lowest BCUT2D eigenvalue weighted by molar-refractivity contribution is -0.137. The zero-order valence-corrected chi connectivity index (χ0v) is 20.7. The quantitative estimate of drug-likeness (QED) is 0.553. The first-order valence-corrected chi connectivity index (χ1v) is 12.5. The highest BCUT2D eigenvalue weighted by Crippen LogP contribution is 2.36. The van der Waals surface area contributed by atoms with Crippen LogP contribution in [0.4, 0.5) is 24.5 Å². The van der Waals surface area contributed by atoms with Crippen molar-refractivity contribution >= 4 is 51.7 Å². The SMILES string of the molecule is O=C(CC1SC(=Nc2ccccc2)N(CCN2CCOCC2)C1=O)Nc1ccc(Cl)c(C(F)(F)F)c1. The number of carbonyl (C=O) groups is 2. The van der Waals surface area contributed by atoms with Crippen molar-refractivity contribution in [2.45, 2.75) is 17.8 Å². The molecule has 12 heteroatoms. The van der Waals surface area contributed by atoms with Crippen LogP contribution in [0.3, 0.4) is 0 Å². The van der Waals surface area contributed by atoms with Crippen LogP contribution in [-0.4, -0.2) is 71.4 Å². The van der Waals surface area contributed by atoms with Crippen LogP contribution >= 0.6 is 23.4 Å². The Hall–Kier alpha value is -2.60. The molecule has 0 bridgehead atoms. The Balaban J connectivity index is 1.46. The Morgan fingerprint density at radius 3 is 2.56 bits per heavy atom. The molecule has 2 saturated heterocycles. The van der Waals surface area contributed by atoms with Crippen LogP contribution in [0.15, 0.2) is 53.5 Å². The minimum Gasteiger partial charge on any atom is -0.379 e. The monoisotopic (exact) mass is 540 g/mol. The summed E-state index contributed by atoms with van der Waals surface area (Å²) in [6.45, 7) is 3.85. The predicted molar refractivity (Wildman–Crippen MR) is 134 cm³/mol. The van der Waals surface area contributed by atoms with Crippen LogP contribution in [0, 0.1) is 0 Å². The smallest absolute Gasteiger partial charge is 0.379 e. The van der Waals surface area contributed by atoms with Gasteiger partial charge in [-0.15, -0.1) is 0 Å². The molecule has 0 radical (unpaired) electrons. The zero-order chi connectivity index (χ0) is 25.7. The minimum atomic E-state index is -4.65. The van der Waals surface area contributed by atoms with Gasteiger partial charge in [0.05, 0.1) is 29.5 Å². The highest BCUT2D eigenvalue weighted by molar-refractivity contribution is 8.15. The van der Waals surface area contributed by atoms with Crippen molar-refractivity contribution < 1.29 is 27.5 Å². The molecule has 4 rings (SSSR count). The normalized spacial score (nSPS) is 20.2.